The number of aliphatic hydroxyl groups excluding tert-OH is 8. The molecule has 6 heterocycles. The molecule has 47 heteroatoms. The van der Waals surface area contributed by atoms with Crippen LogP contribution in [-0.2, 0) is 114 Å². The van der Waals surface area contributed by atoms with Crippen LogP contribution in [0.1, 0.15) is 44.9 Å². The second kappa shape index (κ2) is 57.1. The number of hydrogen-bond donors (Lipinski definition) is 14. The van der Waals surface area contributed by atoms with Crippen molar-refractivity contribution in [3.63, 3.8) is 0 Å². The minimum absolute atomic E-state index is 0.00126. The molecule has 0 aliphatic carbocycles. The molecular formula is C81H123F4N9O34. The number of aliphatic hydroxyl groups is 8. The number of alkyl halides is 3. The lowest BCUT2D eigenvalue weighted by Gasteiger charge is -2.42. The monoisotopic (exact) mass is 1840 g/mol. The number of benzene rings is 2. The highest BCUT2D eigenvalue weighted by atomic mass is 19.4. The molecule has 4 fully saturated rings. The summed E-state index contributed by atoms with van der Waals surface area (Å²) in [4.78, 5) is 69.6. The number of phenols is 1. The highest BCUT2D eigenvalue weighted by Crippen LogP contribution is 2.38. The van der Waals surface area contributed by atoms with Gasteiger partial charge >= 0.3 is 12.1 Å². The topological polar surface area (TPSA) is 556 Å². The van der Waals surface area contributed by atoms with Gasteiger partial charge in [0, 0.05) is 56.8 Å². The molecule has 14 N–H and O–H groups in total. The van der Waals surface area contributed by atoms with E-state index in [1.165, 1.54) is 16.8 Å². The Morgan fingerprint density at radius 1 is 0.508 bits per heavy atom. The van der Waals surface area contributed by atoms with E-state index >= 15 is 0 Å². The fourth-order valence-electron chi connectivity index (χ4n) is 13.2. The molecule has 0 spiro atoms. The number of carbonyl (C=O) groups is 5. The number of halogens is 4. The molecule has 0 radical (unpaired) electrons. The largest absolute Gasteiger partial charge is 0.505 e. The van der Waals surface area contributed by atoms with Crippen LogP contribution in [0.15, 0.2) is 54.7 Å². The molecule has 724 valence electrons. The van der Waals surface area contributed by atoms with Gasteiger partial charge in [0.1, 0.15) is 64.2 Å². The standard InChI is InChI=1S/C81H123F4N9O34/c82-59-45-57(4-8-63(59)97)94-46-62(92-93-94)61-6-3-56-44-58(5-7-60(56)89-61)124-17-1-2-69(103)91-77(49-118-18-11-66(100)86-14-23-109-26-29-112-32-35-115-38-41-121-52-78(47-95)72(105)64(98)9-21-126-78,50-119-19-12-67(101)87-15-24-110-27-30-113-33-36-116-39-42-122-53-79(48-96)73(106)65(99)10-22-127-79)51-120-20-13-68(102)88-16-25-111-28-31-114-34-37-117-40-43-123-54-80-55-125-75(128-80)70(71(104)74(80)107)90-76(108)81(83,84)85/h3-8,44-46,64-65,70-75,95-99,104-107H,1-2,9-43,47-55H2,(H,86,100)(H,87,101)(H,88,102)(H,90,108)(H,91,103)/t64-,65-,70?,71-,72-,73-,74-,75-,78-,79-,80+/m1/s1. The van der Waals surface area contributed by atoms with E-state index < -0.39 is 120 Å². The SMILES string of the molecule is O=C(CCOCC(COCCC(=O)NCCOCCOCCOCCOC[C@@]1(CO)OCC[C@@H](O)[C@H]1O)(COCCC(=O)NCCOCCOCCOCCOC[C@@]12CO[C@H](O1)C(NC(=O)C(F)(F)F)[C@@H](O)[C@H]2O)NC(=O)CCCOc1ccc2nc(-c3cn(-c4ccc(O)c(F)c4)nn3)ccc2c1)NCCOCCOCCOCCOC[C@@]1(CO)OCC[C@@H](O)[C@H]1O. The van der Waals surface area contributed by atoms with Crippen molar-refractivity contribution in [2.24, 2.45) is 0 Å². The molecule has 43 nitrogen and oxygen atoms in total. The number of fused-ring (bicyclic) bond motifs is 3. The number of aromatic nitrogens is 4. The van der Waals surface area contributed by atoms with E-state index in [2.05, 4.69) is 31.6 Å². The second-order valence-electron chi connectivity index (χ2n) is 30.2. The highest BCUT2D eigenvalue weighted by molar-refractivity contribution is 5.83. The Morgan fingerprint density at radius 3 is 1.43 bits per heavy atom. The molecule has 2 aromatic heterocycles. The smallest absolute Gasteiger partial charge is 0.471 e. The van der Waals surface area contributed by atoms with Crippen molar-refractivity contribution >= 4 is 40.4 Å². The van der Waals surface area contributed by atoms with Crippen molar-refractivity contribution in [3.05, 3.63) is 60.5 Å². The molecule has 4 saturated heterocycles. The third-order valence-electron chi connectivity index (χ3n) is 20.4. The van der Waals surface area contributed by atoms with Gasteiger partial charge in [-0.25, -0.2) is 14.1 Å². The van der Waals surface area contributed by atoms with Gasteiger partial charge in [-0.2, -0.15) is 13.2 Å². The summed E-state index contributed by atoms with van der Waals surface area (Å²) in [6.07, 6.45) is -13.1. The van der Waals surface area contributed by atoms with Crippen LogP contribution in [0.25, 0.3) is 28.0 Å². The molecule has 4 aromatic rings. The Labute approximate surface area is 735 Å². The first-order valence-corrected chi connectivity index (χ1v) is 42.3. The minimum Gasteiger partial charge on any atom is -0.505 e. The summed E-state index contributed by atoms with van der Waals surface area (Å²) in [5.74, 6) is -4.79. The van der Waals surface area contributed by atoms with Gasteiger partial charge in [0.25, 0.3) is 0 Å². The zero-order chi connectivity index (χ0) is 91.9. The lowest BCUT2D eigenvalue weighted by Crippen LogP contribution is -2.67. The molecular weight excluding hydrogens is 1720 g/mol. The second-order valence-corrected chi connectivity index (χ2v) is 30.2. The number of ether oxygens (including phenoxy) is 20. The van der Waals surface area contributed by atoms with E-state index in [0.717, 1.165) is 11.5 Å². The van der Waals surface area contributed by atoms with Gasteiger partial charge in [0.05, 0.1) is 273 Å². The summed E-state index contributed by atoms with van der Waals surface area (Å²) in [7, 11) is 0. The molecule has 11 atom stereocenters. The summed E-state index contributed by atoms with van der Waals surface area (Å²) < 4.78 is 167. The molecule has 0 saturated carbocycles. The first-order chi connectivity index (χ1) is 61.8. The molecule has 2 aromatic carbocycles. The zero-order valence-corrected chi connectivity index (χ0v) is 71.4. The van der Waals surface area contributed by atoms with E-state index in [-0.39, 0.29) is 301 Å². The fourth-order valence-corrected chi connectivity index (χ4v) is 13.2. The molecule has 128 heavy (non-hydrogen) atoms. The number of nitrogens with one attached hydrogen (secondary N) is 5. The fraction of sp³-hybridized carbons (Fsp3) is 0.728. The van der Waals surface area contributed by atoms with Crippen molar-refractivity contribution in [1.29, 1.82) is 0 Å². The van der Waals surface area contributed by atoms with Crippen molar-refractivity contribution in [2.75, 3.05) is 257 Å². The summed E-state index contributed by atoms with van der Waals surface area (Å²) in [5.41, 5.74) is -4.07. The van der Waals surface area contributed by atoms with Crippen LogP contribution in [0.5, 0.6) is 11.5 Å². The number of carbonyl (C=O) groups excluding carboxylic acids is 5. The summed E-state index contributed by atoms with van der Waals surface area (Å²) in [6, 6.07) is 10.9. The van der Waals surface area contributed by atoms with Crippen LogP contribution in [-0.4, -0.2) is 430 Å². The Morgan fingerprint density at radius 2 is 0.969 bits per heavy atom. The summed E-state index contributed by atoms with van der Waals surface area (Å²) in [6.45, 7) is 1.39. The van der Waals surface area contributed by atoms with Crippen LogP contribution < -0.4 is 31.3 Å². The Hall–Kier alpha value is -7.42. The number of hydrogen-bond acceptors (Lipinski definition) is 37. The Kier molecular flexibility index (Phi) is 47.3. The summed E-state index contributed by atoms with van der Waals surface area (Å²) >= 11 is 0. The van der Waals surface area contributed by atoms with E-state index in [1.54, 1.807) is 35.8 Å². The van der Waals surface area contributed by atoms with E-state index in [1.807, 2.05) is 6.07 Å². The number of rotatable bonds is 68. The normalized spacial score (nSPS) is 22.4. The Balaban J connectivity index is 0.767. The van der Waals surface area contributed by atoms with Crippen LogP contribution >= 0.6 is 0 Å². The van der Waals surface area contributed by atoms with E-state index in [0.29, 0.717) is 28.3 Å². The average Bonchev–Trinajstić information content (AvgIpc) is 1.60. The quantitative estimate of drug-likeness (QED) is 0.0152. The first kappa shape index (κ1) is 106. The molecule has 4 aliphatic heterocycles. The van der Waals surface area contributed by atoms with Gasteiger partial charge in [-0.1, -0.05) is 11.3 Å². The van der Waals surface area contributed by atoms with Crippen LogP contribution in [0.3, 0.4) is 0 Å². The number of aromatic hydroxyl groups is 1. The summed E-state index contributed by atoms with van der Waals surface area (Å²) in [5, 5.41) is 113. The maximum Gasteiger partial charge on any atom is 0.471 e. The van der Waals surface area contributed by atoms with Crippen LogP contribution in [0.4, 0.5) is 17.6 Å². The van der Waals surface area contributed by atoms with Gasteiger partial charge in [-0.05, 0) is 55.7 Å². The maximum absolute atomic E-state index is 14.2. The number of amides is 5. The molecule has 1 unspecified atom stereocenters. The van der Waals surface area contributed by atoms with Gasteiger partial charge < -0.3 is 167 Å². The third kappa shape index (κ3) is 35.9. The van der Waals surface area contributed by atoms with E-state index in [4.69, 9.17) is 99.7 Å². The lowest BCUT2D eigenvalue weighted by molar-refractivity contribution is -0.240. The van der Waals surface area contributed by atoms with Crippen molar-refractivity contribution in [2.45, 2.75) is 122 Å². The van der Waals surface area contributed by atoms with Crippen molar-refractivity contribution < 1.29 is 182 Å². The number of nitrogens with zero attached hydrogens (tertiary/aromatic N) is 4. The zero-order valence-electron chi connectivity index (χ0n) is 71.4. The first-order valence-electron chi connectivity index (χ1n) is 42.3. The van der Waals surface area contributed by atoms with Crippen molar-refractivity contribution in [3.8, 4) is 28.6 Å². The minimum atomic E-state index is -5.24. The number of pyridine rings is 1. The third-order valence-corrected chi connectivity index (χ3v) is 20.4. The Bertz CT molecular complexity index is 3790. The molecule has 5 amide bonds. The van der Waals surface area contributed by atoms with Crippen LogP contribution in [0.2, 0.25) is 0 Å². The molecule has 2 bridgehead atoms. The molecule has 4 aliphatic rings. The average molecular weight is 1840 g/mol. The highest BCUT2D eigenvalue weighted by Gasteiger charge is 2.61. The predicted molar refractivity (Wildman–Crippen MR) is 433 cm³/mol. The van der Waals surface area contributed by atoms with E-state index in [9.17, 15) is 87.5 Å². The van der Waals surface area contributed by atoms with Crippen LogP contribution in [0, 0.1) is 5.82 Å². The predicted octanol–water partition coefficient (Wildman–Crippen LogP) is -3.25. The lowest BCUT2D eigenvalue weighted by atomic mass is 9.88. The van der Waals surface area contributed by atoms with Crippen molar-refractivity contribution in [1.82, 2.24) is 46.6 Å². The number of phenolic OH excluding ortho intramolecular Hbond substituents is 1. The van der Waals surface area contributed by atoms with Gasteiger partial charge in [0.2, 0.25) is 23.6 Å². The van der Waals surface area contributed by atoms with Gasteiger partial charge in [0.15, 0.2) is 17.9 Å². The van der Waals surface area contributed by atoms with Gasteiger partial charge in [-0.3, -0.25) is 24.0 Å². The molecule has 8 rings (SSSR count). The van der Waals surface area contributed by atoms with Gasteiger partial charge in [-0.15, -0.1) is 5.10 Å². The maximum atomic E-state index is 14.2.